The van der Waals surface area contributed by atoms with Crippen molar-refractivity contribution in [3.63, 3.8) is 0 Å². The predicted molar refractivity (Wildman–Crippen MR) is 166 cm³/mol. The van der Waals surface area contributed by atoms with E-state index in [2.05, 4.69) is 44.1 Å². The largest absolute Gasteiger partial charge is 0.379 e. The molecule has 0 bridgehead atoms. The number of nitrogens with zero attached hydrogens (tertiary/aromatic N) is 3. The molecule has 8 nitrogen and oxygen atoms in total. The first-order valence-corrected chi connectivity index (χ1v) is 15.2. The summed E-state index contributed by atoms with van der Waals surface area (Å²) >= 11 is 1.68. The van der Waals surface area contributed by atoms with Crippen LogP contribution in [-0.4, -0.2) is 47.6 Å². The van der Waals surface area contributed by atoms with Crippen LogP contribution in [0.2, 0.25) is 0 Å². The van der Waals surface area contributed by atoms with Gasteiger partial charge in [-0.25, -0.2) is 4.21 Å². The van der Waals surface area contributed by atoms with Crippen molar-refractivity contribution >= 4 is 51.2 Å². The minimum absolute atomic E-state index is 0.0950. The second-order valence-corrected chi connectivity index (χ2v) is 11.6. The molecule has 40 heavy (non-hydrogen) atoms. The summed E-state index contributed by atoms with van der Waals surface area (Å²) in [5, 5.41) is 14.9. The average Bonchev–Trinajstić information content (AvgIpc) is 3.01. The third kappa shape index (κ3) is 7.13. The Morgan fingerprint density at radius 3 is 2.02 bits per heavy atom. The number of nitrogens with one attached hydrogen (secondary N) is 2. The summed E-state index contributed by atoms with van der Waals surface area (Å²) in [7, 11) is -1.65. The molecule has 1 atom stereocenters. The van der Waals surface area contributed by atoms with Crippen molar-refractivity contribution in [3.05, 3.63) is 113 Å². The van der Waals surface area contributed by atoms with Crippen molar-refractivity contribution in [1.29, 1.82) is 0 Å². The Hall–Kier alpha value is -4.02. The second-order valence-electron chi connectivity index (χ2n) is 9.25. The molecule has 0 spiro atoms. The highest BCUT2D eigenvalue weighted by Gasteiger charge is 2.19. The minimum atomic E-state index is -1.65. The van der Waals surface area contributed by atoms with Crippen molar-refractivity contribution in [2.45, 2.75) is 9.79 Å². The molecule has 1 heterocycles. The summed E-state index contributed by atoms with van der Waals surface area (Å²) in [4.78, 5) is 17.5. The summed E-state index contributed by atoms with van der Waals surface area (Å²) in [6, 6.07) is 32.9. The van der Waals surface area contributed by atoms with Crippen LogP contribution in [0.1, 0.15) is 0 Å². The maximum absolute atomic E-state index is 13.0. The number of anilines is 4. The fraction of sp³-hybridized carbons (Fsp3) is 0.200. The number of piperazine rings is 1. The Morgan fingerprint density at radius 2 is 1.40 bits per heavy atom. The molecule has 0 radical (unpaired) electrons. The van der Waals surface area contributed by atoms with Crippen LogP contribution in [0, 0.1) is 10.1 Å². The summed E-state index contributed by atoms with van der Waals surface area (Å²) in [5.41, 5.74) is 3.36. The molecule has 206 valence electrons. The number of thioether (sulfide) groups is 1. The van der Waals surface area contributed by atoms with Gasteiger partial charge in [0.1, 0.15) is 5.69 Å². The van der Waals surface area contributed by atoms with Crippen LogP contribution in [-0.2, 0) is 11.0 Å². The highest BCUT2D eigenvalue weighted by Crippen LogP contribution is 2.28. The summed E-state index contributed by atoms with van der Waals surface area (Å²) in [6.07, 6.45) is 0. The zero-order valence-corrected chi connectivity index (χ0v) is 23.6. The number of nitro benzene ring substituents is 1. The monoisotopic (exact) mass is 573 g/mol. The minimum Gasteiger partial charge on any atom is -0.379 e. The third-order valence-electron chi connectivity index (χ3n) is 6.65. The first-order chi connectivity index (χ1) is 19.6. The van der Waals surface area contributed by atoms with Crippen LogP contribution in [0.5, 0.6) is 0 Å². The zero-order valence-electron chi connectivity index (χ0n) is 21.9. The lowest BCUT2D eigenvalue weighted by atomic mass is 10.2. The standard InChI is InChI=1S/C30H31N5O3S2/c36-35(37)30-23-28(15-16-29(30)31-17-22-39-27-9-5-2-6-10-27)40(38)32-24-11-13-26(14-12-24)34-20-18-33(19-21-34)25-7-3-1-4-8-25/h1-16,23,31-32H,17-22H2. The quantitative estimate of drug-likeness (QED) is 0.0947. The van der Waals surface area contributed by atoms with Crippen molar-refractivity contribution < 1.29 is 9.13 Å². The molecule has 1 unspecified atom stereocenters. The van der Waals surface area contributed by atoms with E-state index in [9.17, 15) is 14.3 Å². The Bertz CT molecular complexity index is 1430. The van der Waals surface area contributed by atoms with Gasteiger partial charge in [0.2, 0.25) is 0 Å². The normalized spacial score (nSPS) is 14.0. The predicted octanol–water partition coefficient (Wildman–Crippen LogP) is 6.26. The van der Waals surface area contributed by atoms with E-state index in [1.165, 1.54) is 11.8 Å². The topological polar surface area (TPSA) is 90.7 Å². The van der Waals surface area contributed by atoms with Gasteiger partial charge in [0.05, 0.1) is 9.82 Å². The van der Waals surface area contributed by atoms with E-state index in [1.807, 2.05) is 60.7 Å². The van der Waals surface area contributed by atoms with Crippen molar-refractivity contribution in [2.75, 3.05) is 58.3 Å². The molecule has 4 aromatic carbocycles. The molecule has 0 saturated carbocycles. The first-order valence-electron chi connectivity index (χ1n) is 13.1. The van der Waals surface area contributed by atoms with Gasteiger partial charge in [-0.1, -0.05) is 36.4 Å². The van der Waals surface area contributed by atoms with Crippen molar-refractivity contribution in [3.8, 4) is 0 Å². The number of rotatable bonds is 11. The Labute approximate surface area is 241 Å². The fourth-order valence-corrected chi connectivity index (χ4v) is 6.23. The van der Waals surface area contributed by atoms with Crippen LogP contribution < -0.4 is 19.8 Å². The van der Waals surface area contributed by atoms with Crippen LogP contribution in [0.25, 0.3) is 0 Å². The molecule has 5 rings (SSSR count). The van der Waals surface area contributed by atoms with Crippen LogP contribution >= 0.6 is 11.8 Å². The van der Waals surface area contributed by atoms with Crippen LogP contribution in [0.15, 0.2) is 113 Å². The van der Waals surface area contributed by atoms with E-state index < -0.39 is 15.9 Å². The van der Waals surface area contributed by atoms with Gasteiger partial charge < -0.3 is 19.8 Å². The molecule has 0 aromatic heterocycles. The first kappa shape index (κ1) is 27.5. The molecule has 10 heteroatoms. The molecule has 2 N–H and O–H groups in total. The van der Waals surface area contributed by atoms with Crippen LogP contribution in [0.3, 0.4) is 0 Å². The van der Waals surface area contributed by atoms with E-state index in [1.54, 1.807) is 23.9 Å². The molecular formula is C30H31N5O3S2. The third-order valence-corrected chi connectivity index (χ3v) is 8.77. The van der Waals surface area contributed by atoms with Gasteiger partial charge in [-0.2, -0.15) is 0 Å². The lowest BCUT2D eigenvalue weighted by Crippen LogP contribution is -2.46. The van der Waals surface area contributed by atoms with Gasteiger partial charge in [-0.15, -0.1) is 11.8 Å². The summed E-state index contributed by atoms with van der Waals surface area (Å²) in [5.74, 6) is 0.759. The number of hydrogen-bond acceptors (Lipinski definition) is 7. The van der Waals surface area contributed by atoms with Gasteiger partial charge in [-0.3, -0.25) is 10.1 Å². The lowest BCUT2D eigenvalue weighted by Gasteiger charge is -2.37. The van der Waals surface area contributed by atoms with Gasteiger partial charge in [-0.05, 0) is 60.7 Å². The van der Waals surface area contributed by atoms with Gasteiger partial charge >= 0.3 is 0 Å². The van der Waals surface area contributed by atoms with E-state index in [4.69, 9.17) is 0 Å². The highest BCUT2D eigenvalue weighted by atomic mass is 32.2. The van der Waals surface area contributed by atoms with E-state index >= 15 is 0 Å². The van der Waals surface area contributed by atoms with E-state index in [-0.39, 0.29) is 5.69 Å². The number of benzene rings is 4. The van der Waals surface area contributed by atoms with Gasteiger partial charge in [0.25, 0.3) is 5.69 Å². The van der Waals surface area contributed by atoms with Gasteiger partial charge in [0, 0.05) is 66.5 Å². The molecule has 0 aliphatic carbocycles. The van der Waals surface area contributed by atoms with Gasteiger partial charge in [0.15, 0.2) is 11.0 Å². The van der Waals surface area contributed by atoms with Crippen molar-refractivity contribution in [2.24, 2.45) is 0 Å². The molecule has 1 saturated heterocycles. The Balaban J connectivity index is 1.15. The van der Waals surface area contributed by atoms with E-state index in [0.29, 0.717) is 22.8 Å². The maximum Gasteiger partial charge on any atom is 0.293 e. The molecular weight excluding hydrogens is 542 g/mol. The van der Waals surface area contributed by atoms with Crippen molar-refractivity contribution in [1.82, 2.24) is 0 Å². The number of hydrogen-bond donors (Lipinski definition) is 2. The second kappa shape index (κ2) is 13.4. The fourth-order valence-electron chi connectivity index (χ4n) is 4.57. The molecule has 1 aliphatic rings. The van der Waals surface area contributed by atoms with Crippen LogP contribution in [0.4, 0.5) is 28.4 Å². The zero-order chi connectivity index (χ0) is 27.7. The molecule has 4 aromatic rings. The van der Waals surface area contributed by atoms with E-state index in [0.717, 1.165) is 42.5 Å². The molecule has 1 fully saturated rings. The highest BCUT2D eigenvalue weighted by molar-refractivity contribution is 7.99. The Kier molecular flexibility index (Phi) is 9.20. The smallest absolute Gasteiger partial charge is 0.293 e. The summed E-state index contributed by atoms with van der Waals surface area (Å²) < 4.78 is 16.0. The Morgan fingerprint density at radius 1 is 0.800 bits per heavy atom. The lowest BCUT2D eigenvalue weighted by molar-refractivity contribution is -0.384. The number of para-hydroxylation sites is 1. The molecule has 0 amide bonds. The summed E-state index contributed by atoms with van der Waals surface area (Å²) in [6.45, 7) is 4.30. The number of nitro groups is 1. The maximum atomic E-state index is 13.0. The molecule has 1 aliphatic heterocycles. The SMILES string of the molecule is O=[N+]([O-])c1cc(S(=O)Nc2ccc(N3CCN(c4ccccc4)CC3)cc2)ccc1NCCSc1ccccc1. The average molecular weight is 574 g/mol.